The van der Waals surface area contributed by atoms with Crippen molar-refractivity contribution in [1.29, 1.82) is 0 Å². The molecule has 1 aromatic rings. The first-order chi connectivity index (χ1) is 8.56. The van der Waals surface area contributed by atoms with Crippen LogP contribution in [0.2, 0.25) is 10.0 Å². The summed E-state index contributed by atoms with van der Waals surface area (Å²) in [7, 11) is 0. The number of piperidine rings is 1. The number of amides is 2. The number of nitrogens with one attached hydrogen (secondary N) is 2. The SMILES string of the molecule is O=C1CCC(NC(=O)c2cc(Cl)ccc2Cl)CN1. The summed E-state index contributed by atoms with van der Waals surface area (Å²) in [5.41, 5.74) is 0.348. The minimum absolute atomic E-state index is 0.0151. The van der Waals surface area contributed by atoms with Crippen molar-refractivity contribution in [3.05, 3.63) is 33.8 Å². The molecule has 1 unspecified atom stereocenters. The van der Waals surface area contributed by atoms with Crippen molar-refractivity contribution in [2.24, 2.45) is 0 Å². The largest absolute Gasteiger partial charge is 0.354 e. The van der Waals surface area contributed by atoms with Gasteiger partial charge in [0, 0.05) is 24.0 Å². The summed E-state index contributed by atoms with van der Waals surface area (Å²) in [5, 5.41) is 6.35. The highest BCUT2D eigenvalue weighted by molar-refractivity contribution is 6.35. The van der Waals surface area contributed by atoms with Crippen LogP contribution in [0.15, 0.2) is 18.2 Å². The van der Waals surface area contributed by atoms with Crippen molar-refractivity contribution in [2.75, 3.05) is 6.54 Å². The quantitative estimate of drug-likeness (QED) is 0.874. The highest BCUT2D eigenvalue weighted by Gasteiger charge is 2.21. The number of hydrogen-bond donors (Lipinski definition) is 2. The summed E-state index contributed by atoms with van der Waals surface area (Å²) in [6.45, 7) is 0.447. The van der Waals surface area contributed by atoms with Crippen LogP contribution in [0.1, 0.15) is 23.2 Å². The van der Waals surface area contributed by atoms with Gasteiger partial charge in [-0.15, -0.1) is 0 Å². The van der Waals surface area contributed by atoms with Gasteiger partial charge in [-0.2, -0.15) is 0 Å². The van der Waals surface area contributed by atoms with Crippen LogP contribution in [-0.2, 0) is 4.79 Å². The van der Waals surface area contributed by atoms with Crippen LogP contribution in [0.4, 0.5) is 0 Å². The van der Waals surface area contributed by atoms with Crippen molar-refractivity contribution >= 4 is 35.0 Å². The van der Waals surface area contributed by atoms with E-state index in [1.54, 1.807) is 12.1 Å². The van der Waals surface area contributed by atoms with E-state index in [-0.39, 0.29) is 17.9 Å². The lowest BCUT2D eigenvalue weighted by Crippen LogP contribution is -2.47. The van der Waals surface area contributed by atoms with E-state index < -0.39 is 0 Å². The molecule has 1 atom stereocenters. The second-order valence-corrected chi connectivity index (χ2v) is 4.98. The van der Waals surface area contributed by atoms with Crippen LogP contribution in [-0.4, -0.2) is 24.4 Å². The number of carbonyl (C=O) groups is 2. The molecule has 18 heavy (non-hydrogen) atoms. The van der Waals surface area contributed by atoms with E-state index in [0.29, 0.717) is 35.0 Å². The summed E-state index contributed by atoms with van der Waals surface area (Å²) in [6.07, 6.45) is 1.06. The fourth-order valence-electron chi connectivity index (χ4n) is 1.79. The molecule has 1 fully saturated rings. The van der Waals surface area contributed by atoms with E-state index in [0.717, 1.165) is 0 Å². The first-order valence-corrected chi connectivity index (χ1v) is 6.34. The number of benzene rings is 1. The highest BCUT2D eigenvalue weighted by Crippen LogP contribution is 2.20. The lowest BCUT2D eigenvalue weighted by atomic mass is 10.1. The second-order valence-electron chi connectivity index (χ2n) is 4.14. The van der Waals surface area contributed by atoms with Gasteiger partial charge in [-0.25, -0.2) is 0 Å². The Hall–Kier alpha value is -1.26. The predicted molar refractivity (Wildman–Crippen MR) is 70.0 cm³/mol. The maximum Gasteiger partial charge on any atom is 0.253 e. The second kappa shape index (κ2) is 5.59. The Morgan fingerprint density at radius 3 is 2.83 bits per heavy atom. The van der Waals surface area contributed by atoms with Crippen molar-refractivity contribution in [3.63, 3.8) is 0 Å². The minimum Gasteiger partial charge on any atom is -0.354 e. The zero-order chi connectivity index (χ0) is 13.1. The van der Waals surface area contributed by atoms with Crippen LogP contribution in [0.3, 0.4) is 0 Å². The monoisotopic (exact) mass is 286 g/mol. The standard InChI is InChI=1S/C12H12Cl2N2O2/c13-7-1-3-10(14)9(5-7)12(18)16-8-2-4-11(17)15-6-8/h1,3,5,8H,2,4,6H2,(H,15,17)(H,16,18). The molecular formula is C12H12Cl2N2O2. The number of rotatable bonds is 2. The lowest BCUT2D eigenvalue weighted by Gasteiger charge is -2.23. The molecule has 0 spiro atoms. The van der Waals surface area contributed by atoms with Gasteiger partial charge in [0.1, 0.15) is 0 Å². The minimum atomic E-state index is -0.274. The summed E-state index contributed by atoms with van der Waals surface area (Å²) in [5.74, 6) is -0.259. The zero-order valence-corrected chi connectivity index (χ0v) is 11.0. The van der Waals surface area contributed by atoms with Crippen LogP contribution in [0.25, 0.3) is 0 Å². The molecule has 4 nitrogen and oxygen atoms in total. The van der Waals surface area contributed by atoms with Gasteiger partial charge in [-0.05, 0) is 24.6 Å². The topological polar surface area (TPSA) is 58.2 Å². The average molecular weight is 287 g/mol. The third-order valence-electron chi connectivity index (χ3n) is 2.77. The molecular weight excluding hydrogens is 275 g/mol. The zero-order valence-electron chi connectivity index (χ0n) is 9.50. The normalized spacial score (nSPS) is 19.2. The molecule has 0 bridgehead atoms. The highest BCUT2D eigenvalue weighted by atomic mass is 35.5. The molecule has 0 aliphatic carbocycles. The van der Waals surface area contributed by atoms with Crippen LogP contribution >= 0.6 is 23.2 Å². The molecule has 96 valence electrons. The number of hydrogen-bond acceptors (Lipinski definition) is 2. The molecule has 6 heteroatoms. The summed E-state index contributed by atoms with van der Waals surface area (Å²) < 4.78 is 0. The fourth-order valence-corrected chi connectivity index (χ4v) is 2.17. The van der Waals surface area contributed by atoms with E-state index in [4.69, 9.17) is 23.2 Å². The maximum atomic E-state index is 12.0. The van der Waals surface area contributed by atoms with Gasteiger partial charge in [0.15, 0.2) is 0 Å². The Bertz CT molecular complexity index is 481. The Kier molecular flexibility index (Phi) is 4.09. The third kappa shape index (κ3) is 3.15. The molecule has 2 N–H and O–H groups in total. The Labute approximate surface area is 115 Å². The van der Waals surface area contributed by atoms with Gasteiger partial charge in [-0.1, -0.05) is 23.2 Å². The summed E-state index contributed by atoms with van der Waals surface area (Å²) in [4.78, 5) is 23.0. The number of halogens is 2. The first kappa shape index (κ1) is 13.2. The van der Waals surface area contributed by atoms with Gasteiger partial charge in [0.05, 0.1) is 10.6 Å². The molecule has 2 rings (SSSR count). The molecule has 0 radical (unpaired) electrons. The van der Waals surface area contributed by atoms with E-state index >= 15 is 0 Å². The predicted octanol–water partition coefficient (Wildman–Crippen LogP) is 2.00. The summed E-state index contributed by atoms with van der Waals surface area (Å²) >= 11 is 11.8. The van der Waals surface area contributed by atoms with Gasteiger partial charge >= 0.3 is 0 Å². The smallest absolute Gasteiger partial charge is 0.253 e. The van der Waals surface area contributed by atoms with Gasteiger partial charge in [-0.3, -0.25) is 9.59 Å². The molecule has 0 aromatic heterocycles. The van der Waals surface area contributed by atoms with Gasteiger partial charge in [0.25, 0.3) is 5.91 Å². The van der Waals surface area contributed by atoms with Gasteiger partial charge < -0.3 is 10.6 Å². The Morgan fingerprint density at radius 2 is 2.17 bits per heavy atom. The fraction of sp³-hybridized carbons (Fsp3) is 0.333. The van der Waals surface area contributed by atoms with Crippen molar-refractivity contribution in [2.45, 2.75) is 18.9 Å². The van der Waals surface area contributed by atoms with E-state index in [1.165, 1.54) is 6.07 Å². The molecule has 0 saturated carbocycles. The van der Waals surface area contributed by atoms with Gasteiger partial charge in [0.2, 0.25) is 5.91 Å². The van der Waals surface area contributed by atoms with Crippen LogP contribution in [0.5, 0.6) is 0 Å². The molecule has 2 amide bonds. The molecule has 1 aliphatic rings. The molecule has 1 saturated heterocycles. The Morgan fingerprint density at radius 1 is 1.39 bits per heavy atom. The van der Waals surface area contributed by atoms with Crippen molar-refractivity contribution < 1.29 is 9.59 Å². The van der Waals surface area contributed by atoms with E-state index in [1.807, 2.05) is 0 Å². The maximum absolute atomic E-state index is 12.0. The number of carbonyl (C=O) groups excluding carboxylic acids is 2. The van der Waals surface area contributed by atoms with Crippen LogP contribution in [0, 0.1) is 0 Å². The average Bonchev–Trinajstić information content (AvgIpc) is 2.35. The van der Waals surface area contributed by atoms with E-state index in [9.17, 15) is 9.59 Å². The Balaban J connectivity index is 2.03. The summed E-state index contributed by atoms with van der Waals surface area (Å²) in [6, 6.07) is 4.68. The molecule has 1 aromatic carbocycles. The molecule has 1 heterocycles. The first-order valence-electron chi connectivity index (χ1n) is 5.59. The van der Waals surface area contributed by atoms with Crippen molar-refractivity contribution in [3.8, 4) is 0 Å². The van der Waals surface area contributed by atoms with E-state index in [2.05, 4.69) is 10.6 Å². The lowest BCUT2D eigenvalue weighted by molar-refractivity contribution is -0.122. The molecule has 1 aliphatic heterocycles. The third-order valence-corrected chi connectivity index (χ3v) is 3.34. The van der Waals surface area contributed by atoms with Crippen LogP contribution < -0.4 is 10.6 Å². The van der Waals surface area contributed by atoms with Crippen molar-refractivity contribution in [1.82, 2.24) is 10.6 Å².